The highest BCUT2D eigenvalue weighted by molar-refractivity contribution is 5.66. The maximum absolute atomic E-state index is 13.0. The van der Waals surface area contributed by atoms with Crippen LogP contribution in [0.4, 0.5) is 0 Å². The Morgan fingerprint density at radius 3 is 2.51 bits per heavy atom. The monoisotopic (exact) mass is 495 g/mol. The van der Waals surface area contributed by atoms with Gasteiger partial charge in [-0.2, -0.15) is 0 Å². The normalized spacial score (nSPS) is 57.9. The maximum Gasteiger partial charge on any atom is 0.302 e. The number of aliphatic hydroxyl groups excluding tert-OH is 1. The van der Waals surface area contributed by atoms with E-state index in [1.807, 2.05) is 0 Å². The van der Waals surface area contributed by atoms with Crippen LogP contribution >= 0.6 is 0 Å². The number of esters is 1. The Morgan fingerprint density at radius 1 is 1.17 bits per heavy atom. The van der Waals surface area contributed by atoms with Gasteiger partial charge in [0.05, 0.1) is 31.0 Å². The van der Waals surface area contributed by atoms with E-state index in [9.17, 15) is 20.1 Å². The van der Waals surface area contributed by atoms with Gasteiger partial charge in [0.1, 0.15) is 17.3 Å². The molecule has 7 bridgehead atoms. The van der Waals surface area contributed by atoms with E-state index in [0.717, 1.165) is 13.0 Å². The summed E-state index contributed by atoms with van der Waals surface area (Å²) in [6.07, 6.45) is -0.0360. The van der Waals surface area contributed by atoms with Crippen molar-refractivity contribution in [3.8, 4) is 0 Å². The first-order valence-corrected chi connectivity index (χ1v) is 13.2. The molecular weight excluding hydrogens is 454 g/mol. The molecule has 1 aliphatic heterocycles. The number of nitrogens with zero attached hydrogens (tertiary/aromatic N) is 1. The SMILES string of the molecule is CCN1C[C@]2(COC)CC[C@@H](O)[C@@]34[C@@H]5C[C@H]6[C@@H](OC(C)=O)[C@@H]5[C@](O)(C[C@@H]6OC)[C@@](O)([C@H](OC)[C@H]23)[C@@H]14. The summed E-state index contributed by atoms with van der Waals surface area (Å²) >= 11 is 0. The van der Waals surface area contributed by atoms with Crippen LogP contribution in [0.5, 0.6) is 0 Å². The van der Waals surface area contributed by atoms with Crippen LogP contribution < -0.4 is 0 Å². The zero-order valence-electron chi connectivity index (χ0n) is 21.5. The molecule has 9 nitrogen and oxygen atoms in total. The number of piperidine rings is 1. The summed E-state index contributed by atoms with van der Waals surface area (Å²) in [5.74, 6) is -1.35. The van der Waals surface area contributed by atoms with E-state index >= 15 is 0 Å². The van der Waals surface area contributed by atoms with Crippen LogP contribution in [0.3, 0.4) is 0 Å². The van der Waals surface area contributed by atoms with Gasteiger partial charge in [0.2, 0.25) is 0 Å². The molecule has 5 saturated carbocycles. The van der Waals surface area contributed by atoms with Crippen LogP contribution in [-0.2, 0) is 23.7 Å². The minimum Gasteiger partial charge on any atom is -0.462 e. The first kappa shape index (κ1) is 24.5. The minimum absolute atomic E-state index is 0.0979. The third kappa shape index (κ3) is 2.48. The molecule has 1 spiro atoms. The van der Waals surface area contributed by atoms with Crippen LogP contribution in [-0.4, -0.2) is 109 Å². The topological polar surface area (TPSA) is 118 Å². The summed E-state index contributed by atoms with van der Waals surface area (Å²) in [4.78, 5) is 14.5. The molecule has 0 aromatic rings. The summed E-state index contributed by atoms with van der Waals surface area (Å²) < 4.78 is 23.8. The third-order valence-corrected chi connectivity index (χ3v) is 11.5. The average Bonchev–Trinajstić information content (AvgIpc) is 3.21. The van der Waals surface area contributed by atoms with Gasteiger partial charge in [-0.05, 0) is 31.7 Å². The number of fused-ring (bicyclic) bond motifs is 2. The molecular formula is C26H41NO8. The van der Waals surface area contributed by atoms with Crippen molar-refractivity contribution in [3.05, 3.63) is 0 Å². The molecule has 0 amide bonds. The minimum atomic E-state index is -1.67. The number of rotatable bonds is 6. The molecule has 35 heavy (non-hydrogen) atoms. The number of carbonyl (C=O) groups is 1. The van der Waals surface area contributed by atoms with Crippen molar-refractivity contribution in [2.75, 3.05) is 41.0 Å². The molecule has 0 aromatic heterocycles. The van der Waals surface area contributed by atoms with Gasteiger partial charge in [0.25, 0.3) is 0 Å². The predicted molar refractivity (Wildman–Crippen MR) is 123 cm³/mol. The number of hydrogen-bond donors (Lipinski definition) is 3. The van der Waals surface area contributed by atoms with E-state index in [4.69, 9.17) is 18.9 Å². The van der Waals surface area contributed by atoms with E-state index in [1.165, 1.54) is 6.92 Å². The fraction of sp³-hybridized carbons (Fsp3) is 0.962. The molecule has 6 fully saturated rings. The number of likely N-dealkylation sites (N-methyl/N-ethyl adjacent to an activating group) is 1. The zero-order valence-corrected chi connectivity index (χ0v) is 21.5. The highest BCUT2D eigenvalue weighted by Crippen LogP contribution is 2.80. The number of ether oxygens (including phenoxy) is 4. The van der Waals surface area contributed by atoms with E-state index in [1.54, 1.807) is 21.3 Å². The van der Waals surface area contributed by atoms with Crippen LogP contribution in [0.2, 0.25) is 0 Å². The van der Waals surface area contributed by atoms with E-state index in [2.05, 4.69) is 11.8 Å². The second-order valence-electron chi connectivity index (χ2n) is 12.3. The van der Waals surface area contributed by atoms with E-state index in [-0.39, 0.29) is 35.7 Å². The van der Waals surface area contributed by atoms with Gasteiger partial charge in [-0.3, -0.25) is 9.69 Å². The number of likely N-dealkylation sites (tertiary alicyclic amines) is 1. The lowest BCUT2D eigenvalue weighted by molar-refractivity contribution is -0.318. The van der Waals surface area contributed by atoms with Gasteiger partial charge in [0, 0.05) is 69.8 Å². The fourth-order valence-electron chi connectivity index (χ4n) is 11.0. The first-order chi connectivity index (χ1) is 16.6. The molecule has 198 valence electrons. The molecule has 9 heteroatoms. The first-order valence-electron chi connectivity index (χ1n) is 13.2. The molecule has 0 unspecified atom stereocenters. The molecule has 1 saturated heterocycles. The second kappa shape index (κ2) is 7.62. The lowest BCUT2D eigenvalue weighted by atomic mass is 9.42. The Kier molecular flexibility index (Phi) is 5.34. The van der Waals surface area contributed by atoms with E-state index in [0.29, 0.717) is 26.0 Å². The highest BCUT2D eigenvalue weighted by atomic mass is 16.6. The summed E-state index contributed by atoms with van der Waals surface area (Å²) in [6.45, 7) is 5.36. The second-order valence-corrected chi connectivity index (χ2v) is 12.3. The molecule has 0 aromatic carbocycles. The number of methoxy groups -OCH3 is 3. The number of hydrogen-bond acceptors (Lipinski definition) is 9. The zero-order chi connectivity index (χ0) is 25.1. The van der Waals surface area contributed by atoms with Gasteiger partial charge < -0.3 is 34.3 Å². The lowest BCUT2D eigenvalue weighted by Crippen LogP contribution is -2.82. The van der Waals surface area contributed by atoms with Gasteiger partial charge in [-0.1, -0.05) is 6.92 Å². The van der Waals surface area contributed by atoms with Crippen molar-refractivity contribution in [3.63, 3.8) is 0 Å². The molecule has 6 aliphatic rings. The molecule has 5 aliphatic carbocycles. The smallest absolute Gasteiger partial charge is 0.302 e. The molecule has 6 rings (SSSR count). The summed E-state index contributed by atoms with van der Waals surface area (Å²) in [5.41, 5.74) is -4.31. The summed E-state index contributed by atoms with van der Waals surface area (Å²) in [7, 11) is 4.93. The highest BCUT2D eigenvalue weighted by Gasteiger charge is 2.91. The quantitative estimate of drug-likeness (QED) is 0.444. The molecule has 0 radical (unpaired) electrons. The van der Waals surface area contributed by atoms with Crippen molar-refractivity contribution in [2.45, 2.75) is 81.2 Å². The van der Waals surface area contributed by atoms with Crippen molar-refractivity contribution in [1.29, 1.82) is 0 Å². The van der Waals surface area contributed by atoms with Crippen molar-refractivity contribution >= 4 is 5.97 Å². The summed E-state index contributed by atoms with van der Waals surface area (Å²) in [5, 5.41) is 37.7. The molecule has 1 heterocycles. The van der Waals surface area contributed by atoms with Crippen LogP contribution in [0.1, 0.15) is 39.5 Å². The molecule has 3 N–H and O–H groups in total. The Morgan fingerprint density at radius 2 is 1.91 bits per heavy atom. The Hall–Kier alpha value is -0.810. The van der Waals surface area contributed by atoms with Gasteiger partial charge >= 0.3 is 5.97 Å². The summed E-state index contributed by atoms with van der Waals surface area (Å²) in [6, 6.07) is -0.478. The van der Waals surface area contributed by atoms with Gasteiger partial charge in [0.15, 0.2) is 0 Å². The van der Waals surface area contributed by atoms with Crippen molar-refractivity contribution in [2.24, 2.45) is 34.5 Å². The van der Waals surface area contributed by atoms with Crippen LogP contribution in [0.15, 0.2) is 0 Å². The Balaban J connectivity index is 1.65. The van der Waals surface area contributed by atoms with Crippen LogP contribution in [0, 0.1) is 34.5 Å². The third-order valence-electron chi connectivity index (χ3n) is 11.5. The van der Waals surface area contributed by atoms with Crippen molar-refractivity contribution in [1.82, 2.24) is 4.90 Å². The standard InChI is InChI=1S/C26H41NO8/c1-6-27-11-23(12-32-3)8-7-17(29)25-15-9-14-16(33-4)10-24(30,18(15)19(14)35-13(2)28)26(31,22(25)27)21(34-5)20(23)25/h14-22,29-31H,6-12H2,1-5H3/t14-,15-,16+,17-,18-,19-,20-,21-,22+,23+,24-,25+,26-/m1/s1. The Labute approximate surface area is 207 Å². The molecule has 13 atom stereocenters. The predicted octanol–water partition coefficient (Wildman–Crippen LogP) is 0.188. The largest absolute Gasteiger partial charge is 0.462 e. The Bertz CT molecular complexity index is 903. The average molecular weight is 496 g/mol. The lowest BCUT2D eigenvalue weighted by Gasteiger charge is -2.69. The fourth-order valence-corrected chi connectivity index (χ4v) is 11.0. The van der Waals surface area contributed by atoms with Gasteiger partial charge in [-0.15, -0.1) is 0 Å². The van der Waals surface area contributed by atoms with Gasteiger partial charge in [-0.25, -0.2) is 0 Å². The maximum atomic E-state index is 13.0. The number of carbonyl (C=O) groups excluding carboxylic acids is 1. The van der Waals surface area contributed by atoms with Crippen LogP contribution in [0.25, 0.3) is 0 Å². The number of aliphatic hydroxyl groups is 3. The van der Waals surface area contributed by atoms with E-state index < -0.39 is 52.9 Å². The van der Waals surface area contributed by atoms with Crippen molar-refractivity contribution < 1.29 is 39.1 Å².